The number of methoxy groups -OCH3 is 2. The van der Waals surface area contributed by atoms with E-state index >= 15 is 0 Å². The number of nitrogens with zero attached hydrogens (tertiary/aromatic N) is 2. The van der Waals surface area contributed by atoms with E-state index in [0.29, 0.717) is 22.5 Å². The number of para-hydroxylation sites is 1. The summed E-state index contributed by atoms with van der Waals surface area (Å²) in [5, 5.41) is 4.44. The molecule has 0 radical (unpaired) electrons. The summed E-state index contributed by atoms with van der Waals surface area (Å²) >= 11 is 0. The molecule has 174 valence electrons. The van der Waals surface area contributed by atoms with Crippen molar-refractivity contribution in [3.05, 3.63) is 84.6 Å². The number of hydrogen-bond acceptors (Lipinski definition) is 5. The van der Waals surface area contributed by atoms with E-state index in [9.17, 15) is 8.42 Å². The highest BCUT2D eigenvalue weighted by atomic mass is 32.2. The van der Waals surface area contributed by atoms with Gasteiger partial charge in [-0.15, -0.1) is 0 Å². The predicted octanol–water partition coefficient (Wildman–Crippen LogP) is 6.06. The van der Waals surface area contributed by atoms with E-state index in [1.807, 2.05) is 61.5 Å². The van der Waals surface area contributed by atoms with Crippen LogP contribution in [0.15, 0.2) is 83.8 Å². The third-order valence-electron chi connectivity index (χ3n) is 6.52. The summed E-state index contributed by atoms with van der Waals surface area (Å²) in [6.45, 7) is 1.96. The zero-order valence-electron chi connectivity index (χ0n) is 19.4. The van der Waals surface area contributed by atoms with Gasteiger partial charge in [0.1, 0.15) is 0 Å². The lowest BCUT2D eigenvalue weighted by molar-refractivity contribution is 0.356. The third kappa shape index (κ3) is 3.08. The van der Waals surface area contributed by atoms with Crippen LogP contribution in [0.5, 0.6) is 11.5 Å². The molecule has 4 aromatic carbocycles. The summed E-state index contributed by atoms with van der Waals surface area (Å²) in [4.78, 5) is 5.06. The first kappa shape index (κ1) is 21.4. The van der Waals surface area contributed by atoms with Gasteiger partial charge in [0.25, 0.3) is 10.0 Å². The summed E-state index contributed by atoms with van der Waals surface area (Å²) < 4.78 is 40.2. The third-order valence-corrected chi connectivity index (χ3v) is 8.26. The average Bonchev–Trinajstić information content (AvgIpc) is 3.22. The lowest BCUT2D eigenvalue weighted by Crippen LogP contribution is -2.12. The van der Waals surface area contributed by atoms with Gasteiger partial charge in [-0.1, -0.05) is 36.4 Å². The van der Waals surface area contributed by atoms with Crippen LogP contribution in [0.2, 0.25) is 0 Å². The van der Waals surface area contributed by atoms with Crippen molar-refractivity contribution in [2.75, 3.05) is 14.2 Å². The van der Waals surface area contributed by atoms with Gasteiger partial charge in [-0.3, -0.25) is 4.98 Å². The monoisotopic (exact) mass is 482 g/mol. The number of pyridine rings is 1. The molecule has 6 aromatic rings. The zero-order valence-corrected chi connectivity index (χ0v) is 20.3. The van der Waals surface area contributed by atoms with Crippen LogP contribution in [0.1, 0.15) is 5.69 Å². The van der Waals surface area contributed by atoms with Crippen LogP contribution in [-0.4, -0.2) is 31.6 Å². The van der Waals surface area contributed by atoms with Crippen molar-refractivity contribution < 1.29 is 17.9 Å². The molecule has 0 aliphatic heterocycles. The Bertz CT molecular complexity index is 1890. The Balaban J connectivity index is 1.81. The minimum Gasteiger partial charge on any atom is -0.493 e. The number of ether oxygens (including phenoxy) is 2. The largest absolute Gasteiger partial charge is 0.493 e. The Kier molecular flexibility index (Phi) is 4.72. The second kappa shape index (κ2) is 7.71. The molecule has 0 spiro atoms. The first-order valence-electron chi connectivity index (χ1n) is 11.1. The molecule has 0 saturated heterocycles. The van der Waals surface area contributed by atoms with Crippen molar-refractivity contribution >= 4 is 53.5 Å². The molecular weight excluding hydrogens is 460 g/mol. The van der Waals surface area contributed by atoms with E-state index in [1.165, 1.54) is 3.97 Å². The Morgan fingerprint density at radius 2 is 1.37 bits per heavy atom. The molecule has 6 nitrogen and oxygen atoms in total. The highest BCUT2D eigenvalue weighted by Gasteiger charge is 2.24. The number of fused-ring (bicyclic) bond motifs is 6. The van der Waals surface area contributed by atoms with Crippen LogP contribution in [0, 0.1) is 6.92 Å². The maximum atomic E-state index is 13.9. The quantitative estimate of drug-likeness (QED) is 0.286. The molecule has 0 aliphatic carbocycles. The van der Waals surface area contributed by atoms with Gasteiger partial charge in [0, 0.05) is 33.3 Å². The summed E-state index contributed by atoms with van der Waals surface area (Å²) in [7, 11) is -0.663. The van der Waals surface area contributed by atoms with Crippen molar-refractivity contribution in [2.45, 2.75) is 11.8 Å². The SMILES string of the molecule is COc1cc2nc(C)c3cc4c5ccccc5n(S(=O)(=O)c5ccccc5)c4cc3c2cc1OC. The van der Waals surface area contributed by atoms with Crippen LogP contribution in [0.25, 0.3) is 43.5 Å². The minimum absolute atomic E-state index is 0.241. The van der Waals surface area contributed by atoms with Crippen LogP contribution < -0.4 is 9.47 Å². The van der Waals surface area contributed by atoms with E-state index in [4.69, 9.17) is 14.5 Å². The molecule has 0 atom stereocenters. The molecule has 2 aromatic heterocycles. The summed E-state index contributed by atoms with van der Waals surface area (Å²) in [6, 6.07) is 23.8. The smallest absolute Gasteiger partial charge is 0.268 e. The molecule has 7 heteroatoms. The molecule has 0 saturated carbocycles. The predicted molar refractivity (Wildman–Crippen MR) is 139 cm³/mol. The lowest BCUT2D eigenvalue weighted by Gasteiger charge is -2.13. The van der Waals surface area contributed by atoms with Crippen LogP contribution in [0.3, 0.4) is 0 Å². The Morgan fingerprint density at radius 3 is 2.11 bits per heavy atom. The van der Waals surface area contributed by atoms with Crippen molar-refractivity contribution in [1.29, 1.82) is 0 Å². The van der Waals surface area contributed by atoms with Gasteiger partial charge in [-0.05, 0) is 48.7 Å². The molecule has 0 fully saturated rings. The van der Waals surface area contributed by atoms with Crippen molar-refractivity contribution in [3.63, 3.8) is 0 Å². The van der Waals surface area contributed by atoms with Gasteiger partial charge >= 0.3 is 0 Å². The number of hydrogen-bond donors (Lipinski definition) is 0. The second-order valence-electron chi connectivity index (χ2n) is 8.44. The molecule has 0 N–H and O–H groups in total. The molecule has 2 heterocycles. The van der Waals surface area contributed by atoms with Crippen molar-refractivity contribution in [3.8, 4) is 11.5 Å². The molecule has 0 bridgehead atoms. The molecule has 0 unspecified atom stereocenters. The van der Waals surface area contributed by atoms with Gasteiger partial charge in [0.05, 0.1) is 35.7 Å². The van der Waals surface area contributed by atoms with Crippen molar-refractivity contribution in [1.82, 2.24) is 8.96 Å². The molecular formula is C28H22N2O4S. The van der Waals surface area contributed by atoms with Gasteiger partial charge in [0.15, 0.2) is 11.5 Å². The standard InChI is InChI=1S/C28H22N2O4S/c1-17-20-13-23-19-11-7-8-12-25(19)30(35(31,32)18-9-5-4-6-10-18)26(23)14-21(20)22-15-27(33-2)28(34-3)16-24(22)29-17/h4-16H,1-3H3. The number of aryl methyl sites for hydroxylation is 1. The van der Waals surface area contributed by atoms with Gasteiger partial charge in [-0.2, -0.15) is 0 Å². The van der Waals surface area contributed by atoms with Gasteiger partial charge in [0.2, 0.25) is 0 Å². The lowest BCUT2D eigenvalue weighted by atomic mass is 10.0. The highest BCUT2D eigenvalue weighted by molar-refractivity contribution is 7.90. The molecule has 6 rings (SSSR count). The summed E-state index contributed by atoms with van der Waals surface area (Å²) in [5.74, 6) is 1.18. The maximum absolute atomic E-state index is 13.9. The van der Waals surface area contributed by atoms with Gasteiger partial charge < -0.3 is 9.47 Å². The first-order valence-corrected chi connectivity index (χ1v) is 12.6. The molecule has 0 aliphatic rings. The summed E-state index contributed by atoms with van der Waals surface area (Å²) in [5.41, 5.74) is 2.85. The van der Waals surface area contributed by atoms with E-state index < -0.39 is 10.0 Å². The summed E-state index contributed by atoms with van der Waals surface area (Å²) in [6.07, 6.45) is 0. The highest BCUT2D eigenvalue weighted by Crippen LogP contribution is 2.40. The fourth-order valence-electron chi connectivity index (χ4n) is 4.88. The Hall–Kier alpha value is -4.10. The maximum Gasteiger partial charge on any atom is 0.268 e. The first-order chi connectivity index (χ1) is 16.9. The van der Waals surface area contributed by atoms with Crippen LogP contribution in [-0.2, 0) is 10.0 Å². The topological polar surface area (TPSA) is 70.4 Å². The molecule has 0 amide bonds. The zero-order chi connectivity index (χ0) is 24.3. The second-order valence-corrected chi connectivity index (χ2v) is 10.2. The average molecular weight is 483 g/mol. The Labute approximate surface area is 202 Å². The molecule has 35 heavy (non-hydrogen) atoms. The normalized spacial score (nSPS) is 12.1. The van der Waals surface area contributed by atoms with E-state index in [-0.39, 0.29) is 4.90 Å². The van der Waals surface area contributed by atoms with Gasteiger partial charge in [-0.25, -0.2) is 12.4 Å². The minimum atomic E-state index is -3.85. The fraction of sp³-hybridized carbons (Fsp3) is 0.107. The van der Waals surface area contributed by atoms with Crippen LogP contribution >= 0.6 is 0 Å². The van der Waals surface area contributed by atoms with E-state index in [0.717, 1.165) is 38.1 Å². The van der Waals surface area contributed by atoms with E-state index in [2.05, 4.69) is 0 Å². The number of aromatic nitrogens is 2. The number of rotatable bonds is 4. The van der Waals surface area contributed by atoms with E-state index in [1.54, 1.807) is 38.5 Å². The Morgan fingerprint density at radius 1 is 0.686 bits per heavy atom. The van der Waals surface area contributed by atoms with Crippen molar-refractivity contribution in [2.24, 2.45) is 0 Å². The number of benzene rings is 4. The fourth-order valence-corrected chi connectivity index (χ4v) is 6.42. The van der Waals surface area contributed by atoms with Crippen LogP contribution in [0.4, 0.5) is 0 Å².